The van der Waals surface area contributed by atoms with Gasteiger partial charge in [0.2, 0.25) is 0 Å². The zero-order valence-electron chi connectivity index (χ0n) is 7.43. The minimum atomic E-state index is 0.712. The van der Waals surface area contributed by atoms with E-state index < -0.39 is 0 Å². The Kier molecular flexibility index (Phi) is 2.89. The number of allylic oxidation sites excluding steroid dienone is 4. The normalized spacial score (nSPS) is 24.5. The molecule has 1 atom stereocenters. The Bertz CT molecular complexity index is 189. The maximum absolute atomic E-state index is 5.51. The molecule has 1 rings (SSSR count). The topological polar surface area (TPSA) is 26.0 Å². The summed E-state index contributed by atoms with van der Waals surface area (Å²) < 4.78 is 0. The molecule has 0 aromatic rings. The van der Waals surface area contributed by atoms with E-state index >= 15 is 0 Å². The Morgan fingerprint density at radius 3 is 2.82 bits per heavy atom. The second-order valence-corrected chi connectivity index (χ2v) is 3.35. The first-order valence-electron chi connectivity index (χ1n) is 4.29. The van der Waals surface area contributed by atoms with E-state index in [2.05, 4.69) is 26.0 Å². The van der Waals surface area contributed by atoms with Gasteiger partial charge in [-0.15, -0.1) is 0 Å². The minimum Gasteiger partial charge on any atom is -0.330 e. The standard InChI is InChI=1S/C10H17N/c1-8-3-4-10(5-6-11)9(2)7-8/h3,7,10H,4-6,11H2,1-2H3. The van der Waals surface area contributed by atoms with Gasteiger partial charge >= 0.3 is 0 Å². The fraction of sp³-hybridized carbons (Fsp3) is 0.600. The second-order valence-electron chi connectivity index (χ2n) is 3.35. The molecule has 0 bridgehead atoms. The molecule has 1 aliphatic rings. The van der Waals surface area contributed by atoms with E-state index in [1.165, 1.54) is 17.6 Å². The average molecular weight is 151 g/mol. The zero-order valence-corrected chi connectivity index (χ0v) is 7.43. The van der Waals surface area contributed by atoms with E-state index in [9.17, 15) is 0 Å². The van der Waals surface area contributed by atoms with Gasteiger partial charge in [-0.1, -0.05) is 23.3 Å². The van der Waals surface area contributed by atoms with E-state index in [0.29, 0.717) is 5.92 Å². The fourth-order valence-electron chi connectivity index (χ4n) is 1.60. The van der Waals surface area contributed by atoms with Crippen molar-refractivity contribution < 1.29 is 0 Å². The van der Waals surface area contributed by atoms with Crippen LogP contribution >= 0.6 is 0 Å². The van der Waals surface area contributed by atoms with Crippen LogP contribution < -0.4 is 5.73 Å². The van der Waals surface area contributed by atoms with Crippen molar-refractivity contribution in [3.63, 3.8) is 0 Å². The van der Waals surface area contributed by atoms with Gasteiger partial charge < -0.3 is 5.73 Å². The number of hydrogen-bond donors (Lipinski definition) is 1. The predicted molar refractivity (Wildman–Crippen MR) is 49.3 cm³/mol. The van der Waals surface area contributed by atoms with Crippen LogP contribution in [-0.2, 0) is 0 Å². The van der Waals surface area contributed by atoms with Crippen LogP contribution in [0.1, 0.15) is 26.7 Å². The monoisotopic (exact) mass is 151 g/mol. The molecule has 11 heavy (non-hydrogen) atoms. The summed E-state index contributed by atoms with van der Waals surface area (Å²) in [6.45, 7) is 5.17. The van der Waals surface area contributed by atoms with Crippen molar-refractivity contribution >= 4 is 0 Å². The molecule has 1 heteroatoms. The maximum Gasteiger partial charge on any atom is -0.00715 e. The highest BCUT2D eigenvalue weighted by Gasteiger charge is 2.11. The highest BCUT2D eigenvalue weighted by atomic mass is 14.5. The molecule has 0 saturated carbocycles. The van der Waals surface area contributed by atoms with Crippen LogP contribution in [-0.4, -0.2) is 6.54 Å². The van der Waals surface area contributed by atoms with Crippen molar-refractivity contribution in [2.24, 2.45) is 11.7 Å². The van der Waals surface area contributed by atoms with Gasteiger partial charge in [-0.2, -0.15) is 0 Å². The van der Waals surface area contributed by atoms with Crippen molar-refractivity contribution in [3.05, 3.63) is 23.3 Å². The molecule has 2 N–H and O–H groups in total. The zero-order chi connectivity index (χ0) is 8.27. The predicted octanol–water partition coefficient (Wildman–Crippen LogP) is 2.25. The van der Waals surface area contributed by atoms with Crippen LogP contribution in [0.4, 0.5) is 0 Å². The quantitative estimate of drug-likeness (QED) is 0.643. The van der Waals surface area contributed by atoms with Gasteiger partial charge in [0, 0.05) is 0 Å². The Labute approximate surface area is 69.0 Å². The first kappa shape index (κ1) is 8.54. The van der Waals surface area contributed by atoms with Crippen molar-refractivity contribution in [1.29, 1.82) is 0 Å². The Morgan fingerprint density at radius 1 is 1.55 bits per heavy atom. The second kappa shape index (κ2) is 3.72. The highest BCUT2D eigenvalue weighted by Crippen LogP contribution is 2.25. The van der Waals surface area contributed by atoms with Crippen molar-refractivity contribution in [1.82, 2.24) is 0 Å². The molecular weight excluding hydrogens is 134 g/mol. The summed E-state index contributed by atoms with van der Waals surface area (Å²) >= 11 is 0. The molecule has 62 valence electrons. The molecule has 1 unspecified atom stereocenters. The summed E-state index contributed by atoms with van der Waals surface area (Å²) in [5.41, 5.74) is 8.40. The van der Waals surface area contributed by atoms with Crippen molar-refractivity contribution in [2.75, 3.05) is 6.54 Å². The van der Waals surface area contributed by atoms with Crippen LogP contribution in [0.15, 0.2) is 23.3 Å². The lowest BCUT2D eigenvalue weighted by atomic mass is 9.87. The number of nitrogens with two attached hydrogens (primary N) is 1. The largest absolute Gasteiger partial charge is 0.330 e. The number of hydrogen-bond acceptors (Lipinski definition) is 1. The van der Waals surface area contributed by atoms with Gasteiger partial charge in [0.15, 0.2) is 0 Å². The van der Waals surface area contributed by atoms with Crippen LogP contribution in [0.5, 0.6) is 0 Å². The average Bonchev–Trinajstić information content (AvgIpc) is 1.95. The molecule has 0 aliphatic heterocycles. The highest BCUT2D eigenvalue weighted by molar-refractivity contribution is 5.26. The van der Waals surface area contributed by atoms with E-state index in [-0.39, 0.29) is 0 Å². The van der Waals surface area contributed by atoms with Crippen LogP contribution in [0.25, 0.3) is 0 Å². The molecule has 0 spiro atoms. The van der Waals surface area contributed by atoms with Gasteiger partial charge in [-0.25, -0.2) is 0 Å². The summed E-state index contributed by atoms with van der Waals surface area (Å²) in [6, 6.07) is 0. The SMILES string of the molecule is CC1=CCC(CCN)C(C)=C1. The third-order valence-electron chi connectivity index (χ3n) is 2.34. The lowest BCUT2D eigenvalue weighted by molar-refractivity contribution is 0.567. The molecule has 0 fully saturated rings. The van der Waals surface area contributed by atoms with Crippen LogP contribution in [0.2, 0.25) is 0 Å². The smallest absolute Gasteiger partial charge is 0.00715 e. The van der Waals surface area contributed by atoms with Gasteiger partial charge in [0.1, 0.15) is 0 Å². The Morgan fingerprint density at radius 2 is 2.27 bits per heavy atom. The van der Waals surface area contributed by atoms with E-state index in [1.807, 2.05) is 0 Å². The minimum absolute atomic E-state index is 0.712. The summed E-state index contributed by atoms with van der Waals surface area (Å²) in [5.74, 6) is 0.712. The molecule has 0 heterocycles. The summed E-state index contributed by atoms with van der Waals surface area (Å²) in [4.78, 5) is 0. The Hall–Kier alpha value is -0.560. The third kappa shape index (κ3) is 2.19. The molecule has 1 aliphatic carbocycles. The van der Waals surface area contributed by atoms with Gasteiger partial charge in [0.25, 0.3) is 0 Å². The van der Waals surface area contributed by atoms with Crippen molar-refractivity contribution in [2.45, 2.75) is 26.7 Å². The Balaban J connectivity index is 2.56. The summed E-state index contributed by atoms with van der Waals surface area (Å²) in [6.07, 6.45) is 6.88. The fourth-order valence-corrected chi connectivity index (χ4v) is 1.60. The third-order valence-corrected chi connectivity index (χ3v) is 2.34. The molecule has 0 radical (unpaired) electrons. The molecule has 0 amide bonds. The lowest BCUT2D eigenvalue weighted by Crippen LogP contribution is -2.11. The van der Waals surface area contributed by atoms with Crippen LogP contribution in [0, 0.1) is 5.92 Å². The maximum atomic E-state index is 5.51. The van der Waals surface area contributed by atoms with E-state index in [4.69, 9.17) is 5.73 Å². The van der Waals surface area contributed by atoms with Gasteiger partial charge in [-0.05, 0) is 39.2 Å². The van der Waals surface area contributed by atoms with E-state index in [1.54, 1.807) is 0 Å². The molecule has 0 aromatic heterocycles. The molecule has 0 aromatic carbocycles. The molecule has 0 saturated heterocycles. The first-order chi connectivity index (χ1) is 5.24. The first-order valence-corrected chi connectivity index (χ1v) is 4.29. The lowest BCUT2D eigenvalue weighted by Gasteiger charge is -2.19. The molecular formula is C10H17N. The van der Waals surface area contributed by atoms with Crippen molar-refractivity contribution in [3.8, 4) is 0 Å². The molecule has 1 nitrogen and oxygen atoms in total. The summed E-state index contributed by atoms with van der Waals surface area (Å²) in [7, 11) is 0. The van der Waals surface area contributed by atoms with Gasteiger partial charge in [0.05, 0.1) is 0 Å². The van der Waals surface area contributed by atoms with Crippen LogP contribution in [0.3, 0.4) is 0 Å². The van der Waals surface area contributed by atoms with Gasteiger partial charge in [-0.3, -0.25) is 0 Å². The van der Waals surface area contributed by atoms with E-state index in [0.717, 1.165) is 13.0 Å². The number of rotatable bonds is 2. The summed E-state index contributed by atoms with van der Waals surface area (Å²) in [5, 5.41) is 0.